The highest BCUT2D eigenvalue weighted by atomic mass is 19.3. The maximum atomic E-state index is 13.3. The SMILES string of the molecule is C/C=C(\CC)C1CC(CCCC)=C(C)CC1C(F)F. The van der Waals surface area contributed by atoms with E-state index < -0.39 is 12.3 Å². The minimum Gasteiger partial charge on any atom is -0.210 e. The third kappa shape index (κ3) is 4.15. The first-order valence-electron chi connectivity index (χ1n) is 7.65. The van der Waals surface area contributed by atoms with Gasteiger partial charge in [-0.15, -0.1) is 0 Å². The summed E-state index contributed by atoms with van der Waals surface area (Å²) in [6.07, 6.45) is 5.62. The first kappa shape index (κ1) is 16.4. The largest absolute Gasteiger partial charge is 0.242 e. The molecule has 0 radical (unpaired) electrons. The summed E-state index contributed by atoms with van der Waals surface area (Å²) < 4.78 is 26.6. The molecular weight excluding hydrogens is 242 g/mol. The smallest absolute Gasteiger partial charge is 0.210 e. The van der Waals surface area contributed by atoms with E-state index in [1.165, 1.54) is 29.6 Å². The number of rotatable bonds is 6. The molecule has 0 N–H and O–H groups in total. The topological polar surface area (TPSA) is 0 Å². The molecule has 0 aliphatic heterocycles. The van der Waals surface area contributed by atoms with Crippen molar-refractivity contribution in [1.29, 1.82) is 0 Å². The van der Waals surface area contributed by atoms with Gasteiger partial charge in [0.15, 0.2) is 0 Å². The molecular formula is C17H28F2. The zero-order valence-electron chi connectivity index (χ0n) is 12.8. The Hall–Kier alpha value is -0.660. The van der Waals surface area contributed by atoms with Crippen LogP contribution in [0.2, 0.25) is 0 Å². The summed E-state index contributed by atoms with van der Waals surface area (Å²) in [6, 6.07) is 0. The Morgan fingerprint density at radius 3 is 2.47 bits per heavy atom. The lowest BCUT2D eigenvalue weighted by Gasteiger charge is -2.35. The second kappa shape index (κ2) is 7.81. The van der Waals surface area contributed by atoms with E-state index in [4.69, 9.17) is 0 Å². The zero-order valence-corrected chi connectivity index (χ0v) is 12.8. The minimum absolute atomic E-state index is 0.0607. The van der Waals surface area contributed by atoms with Crippen LogP contribution < -0.4 is 0 Å². The van der Waals surface area contributed by atoms with E-state index in [2.05, 4.69) is 26.8 Å². The van der Waals surface area contributed by atoms with Crippen molar-refractivity contribution in [3.63, 3.8) is 0 Å². The molecule has 0 saturated heterocycles. The Kier molecular flexibility index (Phi) is 6.74. The highest BCUT2D eigenvalue weighted by Gasteiger charge is 2.35. The van der Waals surface area contributed by atoms with Gasteiger partial charge < -0.3 is 0 Å². The summed E-state index contributed by atoms with van der Waals surface area (Å²) in [5.41, 5.74) is 3.88. The molecule has 0 aromatic rings. The third-order valence-corrected chi connectivity index (χ3v) is 4.54. The fourth-order valence-corrected chi connectivity index (χ4v) is 3.29. The van der Waals surface area contributed by atoms with Crippen LogP contribution in [0.25, 0.3) is 0 Å². The Morgan fingerprint density at radius 1 is 1.32 bits per heavy atom. The third-order valence-electron chi connectivity index (χ3n) is 4.54. The van der Waals surface area contributed by atoms with Gasteiger partial charge in [-0.3, -0.25) is 0 Å². The monoisotopic (exact) mass is 270 g/mol. The van der Waals surface area contributed by atoms with Gasteiger partial charge in [0.2, 0.25) is 6.43 Å². The molecule has 0 amide bonds. The Balaban J connectivity index is 2.94. The number of allylic oxidation sites excluding steroid dienone is 4. The van der Waals surface area contributed by atoms with Gasteiger partial charge in [-0.05, 0) is 51.9 Å². The average molecular weight is 270 g/mol. The van der Waals surface area contributed by atoms with E-state index in [0.29, 0.717) is 6.42 Å². The number of hydrogen-bond donors (Lipinski definition) is 0. The highest BCUT2D eigenvalue weighted by molar-refractivity contribution is 5.23. The molecule has 2 unspecified atom stereocenters. The molecule has 0 fully saturated rings. The van der Waals surface area contributed by atoms with E-state index in [1.54, 1.807) is 0 Å². The molecule has 0 aromatic carbocycles. The zero-order chi connectivity index (χ0) is 14.4. The molecule has 1 rings (SSSR count). The maximum absolute atomic E-state index is 13.3. The van der Waals surface area contributed by atoms with Crippen LogP contribution in [-0.4, -0.2) is 6.43 Å². The Labute approximate surface area is 117 Å². The Bertz CT molecular complexity index is 339. The van der Waals surface area contributed by atoms with Crippen molar-refractivity contribution in [3.8, 4) is 0 Å². The van der Waals surface area contributed by atoms with Crippen LogP contribution in [0.4, 0.5) is 8.78 Å². The molecule has 0 aromatic heterocycles. The molecule has 2 heteroatoms. The predicted octanol–water partition coefficient (Wildman–Crippen LogP) is 6.14. The maximum Gasteiger partial charge on any atom is 0.242 e. The molecule has 19 heavy (non-hydrogen) atoms. The van der Waals surface area contributed by atoms with Crippen molar-refractivity contribution in [1.82, 2.24) is 0 Å². The van der Waals surface area contributed by atoms with Gasteiger partial charge in [0.1, 0.15) is 0 Å². The van der Waals surface area contributed by atoms with Crippen molar-refractivity contribution in [3.05, 3.63) is 22.8 Å². The standard InChI is InChI=1S/C17H28F2/c1-5-8-9-14-11-15(13(6-2)7-3)16(17(18)19)10-12(14)4/h6,15-17H,5,7-11H2,1-4H3/b13-6+. The number of alkyl halides is 2. The van der Waals surface area contributed by atoms with Crippen LogP contribution in [0, 0.1) is 11.8 Å². The summed E-state index contributed by atoms with van der Waals surface area (Å²) >= 11 is 0. The fourth-order valence-electron chi connectivity index (χ4n) is 3.29. The summed E-state index contributed by atoms with van der Waals surface area (Å²) in [4.78, 5) is 0. The quantitative estimate of drug-likeness (QED) is 0.508. The van der Waals surface area contributed by atoms with Crippen LogP contribution in [-0.2, 0) is 0 Å². The molecule has 0 spiro atoms. The number of halogens is 2. The van der Waals surface area contributed by atoms with Crippen LogP contribution in [0.5, 0.6) is 0 Å². The normalized spacial score (nSPS) is 25.3. The van der Waals surface area contributed by atoms with Gasteiger partial charge in [-0.2, -0.15) is 0 Å². The van der Waals surface area contributed by atoms with E-state index >= 15 is 0 Å². The summed E-state index contributed by atoms with van der Waals surface area (Å²) in [6.45, 7) is 8.30. The Morgan fingerprint density at radius 2 is 2.00 bits per heavy atom. The van der Waals surface area contributed by atoms with E-state index in [1.807, 2.05) is 6.92 Å². The minimum atomic E-state index is -2.20. The molecule has 1 aliphatic rings. The summed E-state index contributed by atoms with van der Waals surface area (Å²) in [7, 11) is 0. The molecule has 0 heterocycles. The molecule has 110 valence electrons. The molecule has 2 atom stereocenters. The second-order valence-electron chi connectivity index (χ2n) is 5.72. The van der Waals surface area contributed by atoms with Gasteiger partial charge in [0, 0.05) is 5.92 Å². The van der Waals surface area contributed by atoms with Crippen LogP contribution in [0.15, 0.2) is 22.8 Å². The van der Waals surface area contributed by atoms with Crippen LogP contribution >= 0.6 is 0 Å². The molecule has 0 nitrogen and oxygen atoms in total. The van der Waals surface area contributed by atoms with Gasteiger partial charge in [-0.1, -0.05) is 43.1 Å². The summed E-state index contributed by atoms with van der Waals surface area (Å²) in [5.74, 6) is -0.415. The molecule has 0 saturated carbocycles. The molecule has 0 bridgehead atoms. The van der Waals surface area contributed by atoms with Gasteiger partial charge >= 0.3 is 0 Å². The van der Waals surface area contributed by atoms with Gasteiger partial charge in [-0.25, -0.2) is 8.78 Å². The van der Waals surface area contributed by atoms with E-state index in [0.717, 1.165) is 19.3 Å². The van der Waals surface area contributed by atoms with Crippen molar-refractivity contribution < 1.29 is 8.78 Å². The fraction of sp³-hybridized carbons (Fsp3) is 0.765. The van der Waals surface area contributed by atoms with Gasteiger partial charge in [0.05, 0.1) is 0 Å². The van der Waals surface area contributed by atoms with Crippen molar-refractivity contribution >= 4 is 0 Å². The predicted molar refractivity (Wildman–Crippen MR) is 78.5 cm³/mol. The highest BCUT2D eigenvalue weighted by Crippen LogP contribution is 2.43. The van der Waals surface area contributed by atoms with Crippen LogP contribution in [0.1, 0.15) is 66.2 Å². The number of unbranched alkanes of at least 4 members (excludes halogenated alkanes) is 1. The lowest BCUT2D eigenvalue weighted by molar-refractivity contribution is 0.0469. The van der Waals surface area contributed by atoms with E-state index in [-0.39, 0.29) is 5.92 Å². The van der Waals surface area contributed by atoms with Crippen LogP contribution in [0.3, 0.4) is 0 Å². The van der Waals surface area contributed by atoms with Gasteiger partial charge in [0.25, 0.3) is 0 Å². The number of hydrogen-bond acceptors (Lipinski definition) is 0. The lowest BCUT2D eigenvalue weighted by Crippen LogP contribution is -2.28. The first-order valence-corrected chi connectivity index (χ1v) is 7.65. The molecule has 1 aliphatic carbocycles. The van der Waals surface area contributed by atoms with Crippen molar-refractivity contribution in [2.75, 3.05) is 0 Å². The van der Waals surface area contributed by atoms with E-state index in [9.17, 15) is 8.78 Å². The summed E-state index contributed by atoms with van der Waals surface area (Å²) in [5, 5.41) is 0. The van der Waals surface area contributed by atoms with Crippen molar-refractivity contribution in [2.45, 2.75) is 72.6 Å². The van der Waals surface area contributed by atoms with Crippen molar-refractivity contribution in [2.24, 2.45) is 11.8 Å². The second-order valence-corrected chi connectivity index (χ2v) is 5.72. The average Bonchev–Trinajstić information content (AvgIpc) is 2.39. The first-order chi connectivity index (χ1) is 9.04. The lowest BCUT2D eigenvalue weighted by atomic mass is 9.71.